The molecule has 1 aromatic heterocycles. The number of carbonyl (C=O) groups is 2. The predicted molar refractivity (Wildman–Crippen MR) is 108 cm³/mol. The van der Waals surface area contributed by atoms with Gasteiger partial charge in [-0.15, -0.1) is 23.1 Å². The molecule has 1 aliphatic heterocycles. The Balaban J connectivity index is 1.68. The maximum absolute atomic E-state index is 12.7. The van der Waals surface area contributed by atoms with Gasteiger partial charge < -0.3 is 10.6 Å². The topological polar surface area (TPSA) is 92.3 Å². The van der Waals surface area contributed by atoms with Gasteiger partial charge in [0.25, 0.3) is 0 Å². The van der Waals surface area contributed by atoms with E-state index in [1.54, 1.807) is 19.9 Å². The number of sulfone groups is 1. The van der Waals surface area contributed by atoms with Gasteiger partial charge in [-0.25, -0.2) is 8.42 Å². The molecule has 0 radical (unpaired) electrons. The molecule has 3 rings (SSSR count). The van der Waals surface area contributed by atoms with Crippen molar-refractivity contribution >= 4 is 50.4 Å². The Kier molecular flexibility index (Phi) is 5.92. The van der Waals surface area contributed by atoms with Crippen molar-refractivity contribution in [3.63, 3.8) is 0 Å². The van der Waals surface area contributed by atoms with Crippen molar-refractivity contribution in [1.82, 2.24) is 5.32 Å². The van der Waals surface area contributed by atoms with Gasteiger partial charge in [-0.3, -0.25) is 9.59 Å². The highest BCUT2D eigenvalue weighted by Gasteiger charge is 2.27. The lowest BCUT2D eigenvalue weighted by Gasteiger charge is -2.22. The second-order valence-corrected chi connectivity index (χ2v) is 10.8. The molecule has 1 aromatic carbocycles. The quantitative estimate of drug-likeness (QED) is 0.744. The third-order valence-electron chi connectivity index (χ3n) is 4.17. The van der Waals surface area contributed by atoms with Gasteiger partial charge in [-0.05, 0) is 36.6 Å². The van der Waals surface area contributed by atoms with Gasteiger partial charge >= 0.3 is 0 Å². The predicted octanol–water partition coefficient (Wildman–Crippen LogP) is 2.91. The first-order valence-corrected chi connectivity index (χ1v) is 11.8. The maximum Gasteiger partial charge on any atom is 0.237 e. The molecule has 9 heteroatoms. The summed E-state index contributed by atoms with van der Waals surface area (Å²) in [5.41, 5.74) is 0.499. The zero-order chi connectivity index (χ0) is 19.6. The summed E-state index contributed by atoms with van der Waals surface area (Å²) in [6.45, 7) is 3.78. The SMILES string of the molecule is C[C@H](CS(=O)(=O)c1ccc2c(c1)NC(=O)[C@H](C)S2)C(=O)NCc1cccs1. The Bertz CT molecular complexity index is 955. The molecule has 0 bridgehead atoms. The van der Waals surface area contributed by atoms with Crippen LogP contribution in [0.1, 0.15) is 18.7 Å². The number of thioether (sulfide) groups is 1. The van der Waals surface area contributed by atoms with Crippen LogP contribution < -0.4 is 10.6 Å². The van der Waals surface area contributed by atoms with Crippen molar-refractivity contribution in [3.05, 3.63) is 40.6 Å². The van der Waals surface area contributed by atoms with Crippen molar-refractivity contribution in [1.29, 1.82) is 0 Å². The summed E-state index contributed by atoms with van der Waals surface area (Å²) in [4.78, 5) is 26.0. The van der Waals surface area contributed by atoms with E-state index in [2.05, 4.69) is 10.6 Å². The number of carbonyl (C=O) groups excluding carboxylic acids is 2. The number of nitrogens with one attached hydrogen (secondary N) is 2. The first kappa shape index (κ1) is 19.9. The number of rotatable bonds is 6. The lowest BCUT2D eigenvalue weighted by atomic mass is 10.2. The molecule has 144 valence electrons. The minimum Gasteiger partial charge on any atom is -0.351 e. The number of hydrogen-bond acceptors (Lipinski definition) is 6. The van der Waals surface area contributed by atoms with E-state index >= 15 is 0 Å². The van der Waals surface area contributed by atoms with Crippen LogP contribution in [0.2, 0.25) is 0 Å². The molecule has 6 nitrogen and oxygen atoms in total. The molecule has 0 fully saturated rings. The highest BCUT2D eigenvalue weighted by atomic mass is 32.2. The van der Waals surface area contributed by atoms with Crippen LogP contribution in [0, 0.1) is 5.92 Å². The normalized spacial score (nSPS) is 17.7. The van der Waals surface area contributed by atoms with E-state index in [1.807, 2.05) is 17.5 Å². The third kappa shape index (κ3) is 4.72. The van der Waals surface area contributed by atoms with Crippen molar-refractivity contribution in [2.75, 3.05) is 11.1 Å². The van der Waals surface area contributed by atoms with Gasteiger partial charge in [0.15, 0.2) is 9.84 Å². The number of anilines is 1. The van der Waals surface area contributed by atoms with E-state index < -0.39 is 15.8 Å². The van der Waals surface area contributed by atoms with Gasteiger partial charge in [0.05, 0.1) is 28.1 Å². The molecule has 0 saturated heterocycles. The van der Waals surface area contributed by atoms with Crippen LogP contribution in [0.25, 0.3) is 0 Å². The van der Waals surface area contributed by atoms with E-state index in [0.717, 1.165) is 9.77 Å². The standard InChI is InChI=1S/C18H20N2O4S3/c1-11(17(21)19-9-13-4-3-7-25-13)10-27(23,24)14-5-6-16-15(8-14)20-18(22)12(2)26-16/h3-8,11-12H,9-10H2,1-2H3,(H,19,21)(H,20,22)/t11-,12+/m1/s1. The molecule has 2 atom stereocenters. The lowest BCUT2D eigenvalue weighted by molar-refractivity contribution is -0.124. The van der Waals surface area contributed by atoms with Crippen molar-refractivity contribution in [2.24, 2.45) is 5.92 Å². The number of amides is 2. The van der Waals surface area contributed by atoms with Gasteiger partial charge in [0.2, 0.25) is 11.8 Å². The van der Waals surface area contributed by atoms with E-state index in [1.165, 1.54) is 35.2 Å². The fourth-order valence-corrected chi connectivity index (χ4v) is 5.79. The molecule has 0 unspecified atom stereocenters. The molecule has 2 amide bonds. The molecule has 1 aliphatic rings. The first-order valence-electron chi connectivity index (χ1n) is 8.40. The Morgan fingerprint density at radius 1 is 1.33 bits per heavy atom. The van der Waals surface area contributed by atoms with Gasteiger partial charge in [-0.2, -0.15) is 0 Å². The number of thiophene rings is 1. The molecule has 2 aromatic rings. The zero-order valence-corrected chi connectivity index (χ0v) is 17.3. The van der Waals surface area contributed by atoms with Crippen molar-refractivity contribution in [3.8, 4) is 0 Å². The fraction of sp³-hybridized carbons (Fsp3) is 0.333. The van der Waals surface area contributed by atoms with Crippen LogP contribution in [-0.2, 0) is 26.0 Å². The summed E-state index contributed by atoms with van der Waals surface area (Å²) in [6.07, 6.45) is 0. The number of fused-ring (bicyclic) bond motifs is 1. The molecule has 0 aliphatic carbocycles. The summed E-state index contributed by atoms with van der Waals surface area (Å²) in [6, 6.07) is 8.50. The molecule has 27 heavy (non-hydrogen) atoms. The number of benzene rings is 1. The van der Waals surface area contributed by atoms with Gasteiger partial charge in [-0.1, -0.05) is 13.0 Å². The van der Waals surface area contributed by atoms with Gasteiger partial charge in [0.1, 0.15) is 0 Å². The largest absolute Gasteiger partial charge is 0.351 e. The summed E-state index contributed by atoms with van der Waals surface area (Å²) < 4.78 is 25.4. The Labute approximate surface area is 166 Å². The summed E-state index contributed by atoms with van der Waals surface area (Å²) in [5, 5.41) is 7.20. The first-order chi connectivity index (χ1) is 12.8. The highest BCUT2D eigenvalue weighted by Crippen LogP contribution is 2.37. The second kappa shape index (κ2) is 8.04. The Hall–Kier alpha value is -1.84. The molecular formula is C18H20N2O4S3. The Morgan fingerprint density at radius 2 is 2.11 bits per heavy atom. The second-order valence-electron chi connectivity index (χ2n) is 6.39. The minimum absolute atomic E-state index is 0.106. The molecule has 2 N–H and O–H groups in total. The van der Waals surface area contributed by atoms with Crippen LogP contribution in [0.15, 0.2) is 45.5 Å². The van der Waals surface area contributed by atoms with Crippen molar-refractivity contribution < 1.29 is 18.0 Å². The molecule has 0 spiro atoms. The summed E-state index contributed by atoms with van der Waals surface area (Å²) in [5.74, 6) is -1.43. The minimum atomic E-state index is -3.66. The van der Waals surface area contributed by atoms with Crippen LogP contribution >= 0.6 is 23.1 Å². The van der Waals surface area contributed by atoms with Crippen LogP contribution in [0.5, 0.6) is 0 Å². The summed E-state index contributed by atoms with van der Waals surface area (Å²) in [7, 11) is -3.66. The molecule has 2 heterocycles. The maximum atomic E-state index is 12.7. The zero-order valence-electron chi connectivity index (χ0n) is 14.9. The molecular weight excluding hydrogens is 404 g/mol. The molecule has 0 saturated carbocycles. The monoisotopic (exact) mass is 424 g/mol. The van der Waals surface area contributed by atoms with E-state index in [4.69, 9.17) is 0 Å². The lowest BCUT2D eigenvalue weighted by Crippen LogP contribution is -2.32. The number of hydrogen-bond donors (Lipinski definition) is 2. The van der Waals surface area contributed by atoms with Crippen LogP contribution in [0.4, 0.5) is 5.69 Å². The summed E-state index contributed by atoms with van der Waals surface area (Å²) >= 11 is 2.92. The van der Waals surface area contributed by atoms with E-state index in [-0.39, 0.29) is 27.7 Å². The smallest absolute Gasteiger partial charge is 0.237 e. The van der Waals surface area contributed by atoms with Crippen LogP contribution in [0.3, 0.4) is 0 Å². The van der Waals surface area contributed by atoms with E-state index in [9.17, 15) is 18.0 Å². The third-order valence-corrected chi connectivity index (χ3v) is 8.14. The fourth-order valence-electron chi connectivity index (χ4n) is 2.64. The average molecular weight is 425 g/mol. The van der Waals surface area contributed by atoms with Crippen LogP contribution in [-0.4, -0.2) is 31.2 Å². The highest BCUT2D eigenvalue weighted by molar-refractivity contribution is 8.01. The van der Waals surface area contributed by atoms with Crippen molar-refractivity contribution in [2.45, 2.75) is 35.4 Å². The van der Waals surface area contributed by atoms with E-state index in [0.29, 0.717) is 12.2 Å². The van der Waals surface area contributed by atoms with Gasteiger partial charge in [0, 0.05) is 15.7 Å². The average Bonchev–Trinajstić information content (AvgIpc) is 3.13. The Morgan fingerprint density at radius 3 is 2.81 bits per heavy atom.